The average molecular weight is 354 g/mol. The molecule has 0 aliphatic carbocycles. The molecule has 1 aromatic carbocycles. The first-order valence-electron chi connectivity index (χ1n) is 6.11. The van der Waals surface area contributed by atoms with E-state index in [9.17, 15) is 4.79 Å². The summed E-state index contributed by atoms with van der Waals surface area (Å²) in [6.07, 6.45) is 0. The zero-order valence-corrected chi connectivity index (χ0v) is 13.9. The highest BCUT2D eigenvalue weighted by Crippen LogP contribution is 2.25. The number of halogens is 1. The van der Waals surface area contributed by atoms with Gasteiger partial charge in [0.05, 0.1) is 5.69 Å². The summed E-state index contributed by atoms with van der Waals surface area (Å²) >= 11 is 4.81. The maximum absolute atomic E-state index is 12.4. The molecule has 0 radical (unpaired) electrons. The summed E-state index contributed by atoms with van der Waals surface area (Å²) in [6.45, 7) is 5.58. The van der Waals surface area contributed by atoms with Gasteiger partial charge in [0.2, 0.25) is 0 Å². The number of amides is 1. The van der Waals surface area contributed by atoms with Crippen LogP contribution in [0.3, 0.4) is 0 Å². The van der Waals surface area contributed by atoms with Gasteiger partial charge < -0.3 is 11.1 Å². The quantitative estimate of drug-likeness (QED) is 0.888. The van der Waals surface area contributed by atoms with Crippen LogP contribution in [0.2, 0.25) is 0 Å². The number of nitrogens with two attached hydrogens (primary N) is 1. The van der Waals surface area contributed by atoms with E-state index in [0.717, 1.165) is 20.6 Å². The van der Waals surface area contributed by atoms with Crippen molar-refractivity contribution >= 4 is 38.3 Å². The van der Waals surface area contributed by atoms with Crippen LogP contribution < -0.4 is 11.1 Å². The molecule has 0 aliphatic rings. The number of rotatable bonds is 3. The standard InChI is InChI=1S/C14H16BrN3OS/c1-8-9(2)20-13(17-8)18-12(19)14(3,16)10-4-6-11(15)7-5-10/h4-7H,16H2,1-3H3,(H,17,18,19). The lowest BCUT2D eigenvalue weighted by molar-refractivity contribution is -0.120. The molecular formula is C14H16BrN3OS. The summed E-state index contributed by atoms with van der Waals surface area (Å²) in [5.74, 6) is -0.270. The number of aryl methyl sites for hydroxylation is 2. The van der Waals surface area contributed by atoms with E-state index >= 15 is 0 Å². The van der Waals surface area contributed by atoms with Crippen LogP contribution in [0.5, 0.6) is 0 Å². The van der Waals surface area contributed by atoms with E-state index < -0.39 is 5.54 Å². The fourth-order valence-electron chi connectivity index (χ4n) is 1.68. The zero-order valence-electron chi connectivity index (χ0n) is 11.5. The molecule has 1 atom stereocenters. The molecular weight excluding hydrogens is 338 g/mol. The molecule has 1 unspecified atom stereocenters. The summed E-state index contributed by atoms with van der Waals surface area (Å²) in [6, 6.07) is 7.40. The van der Waals surface area contributed by atoms with Crippen molar-refractivity contribution in [3.05, 3.63) is 44.9 Å². The summed E-state index contributed by atoms with van der Waals surface area (Å²) < 4.78 is 0.948. The van der Waals surface area contributed by atoms with Gasteiger partial charge in [0.25, 0.3) is 5.91 Å². The Hall–Kier alpha value is -1.24. The van der Waals surface area contributed by atoms with E-state index in [-0.39, 0.29) is 5.91 Å². The fraction of sp³-hybridized carbons (Fsp3) is 0.286. The van der Waals surface area contributed by atoms with Crippen molar-refractivity contribution in [2.75, 3.05) is 5.32 Å². The van der Waals surface area contributed by atoms with Crippen LogP contribution in [0.1, 0.15) is 23.1 Å². The van der Waals surface area contributed by atoms with Crippen LogP contribution in [0, 0.1) is 13.8 Å². The monoisotopic (exact) mass is 353 g/mol. The first kappa shape index (κ1) is 15.2. The SMILES string of the molecule is Cc1nc(NC(=O)C(C)(N)c2ccc(Br)cc2)sc1C. The Labute approximate surface area is 130 Å². The molecule has 106 valence electrons. The number of carbonyl (C=O) groups excluding carboxylic acids is 1. The van der Waals surface area contributed by atoms with Crippen molar-refractivity contribution in [1.82, 2.24) is 4.98 Å². The van der Waals surface area contributed by atoms with Crippen molar-refractivity contribution < 1.29 is 4.79 Å². The molecule has 0 spiro atoms. The molecule has 0 aliphatic heterocycles. The summed E-state index contributed by atoms with van der Waals surface area (Å²) in [7, 11) is 0. The van der Waals surface area contributed by atoms with Gasteiger partial charge in [-0.3, -0.25) is 4.79 Å². The first-order valence-corrected chi connectivity index (χ1v) is 7.72. The van der Waals surface area contributed by atoms with Crippen molar-refractivity contribution in [1.29, 1.82) is 0 Å². The molecule has 0 saturated heterocycles. The van der Waals surface area contributed by atoms with E-state index in [1.807, 2.05) is 38.1 Å². The second-order valence-corrected chi connectivity index (χ2v) is 6.94. The van der Waals surface area contributed by atoms with E-state index in [1.54, 1.807) is 6.92 Å². The van der Waals surface area contributed by atoms with E-state index in [1.165, 1.54) is 11.3 Å². The average Bonchev–Trinajstić information content (AvgIpc) is 2.68. The number of carbonyl (C=O) groups is 1. The second kappa shape index (κ2) is 5.63. The molecule has 0 saturated carbocycles. The van der Waals surface area contributed by atoms with Crippen LogP contribution in [0.4, 0.5) is 5.13 Å². The Morgan fingerprint density at radius 2 is 1.95 bits per heavy atom. The molecule has 4 nitrogen and oxygen atoms in total. The molecule has 20 heavy (non-hydrogen) atoms. The van der Waals surface area contributed by atoms with Crippen LogP contribution in [-0.2, 0) is 10.3 Å². The predicted molar refractivity (Wildman–Crippen MR) is 85.9 cm³/mol. The van der Waals surface area contributed by atoms with Crippen LogP contribution in [0.25, 0.3) is 0 Å². The van der Waals surface area contributed by atoms with E-state index in [0.29, 0.717) is 5.13 Å². The van der Waals surface area contributed by atoms with Crippen molar-refractivity contribution in [3.8, 4) is 0 Å². The lowest BCUT2D eigenvalue weighted by atomic mass is 9.92. The van der Waals surface area contributed by atoms with Gasteiger partial charge in [-0.1, -0.05) is 28.1 Å². The van der Waals surface area contributed by atoms with Crippen LogP contribution >= 0.6 is 27.3 Å². The Morgan fingerprint density at radius 3 is 2.45 bits per heavy atom. The second-order valence-electron chi connectivity index (χ2n) is 4.82. The number of thiazole rings is 1. The third kappa shape index (κ3) is 3.08. The summed E-state index contributed by atoms with van der Waals surface area (Å²) in [4.78, 5) is 17.7. The molecule has 1 amide bonds. The Balaban J connectivity index is 2.20. The maximum atomic E-state index is 12.4. The number of anilines is 1. The summed E-state index contributed by atoms with van der Waals surface area (Å²) in [5, 5.41) is 3.37. The van der Waals surface area contributed by atoms with Gasteiger partial charge in [-0.15, -0.1) is 11.3 Å². The fourth-order valence-corrected chi connectivity index (χ4v) is 2.75. The normalized spacial score (nSPS) is 13.8. The smallest absolute Gasteiger partial charge is 0.250 e. The zero-order chi connectivity index (χ0) is 14.9. The highest BCUT2D eigenvalue weighted by atomic mass is 79.9. The molecule has 6 heteroatoms. The number of nitrogens with one attached hydrogen (secondary N) is 1. The minimum absolute atomic E-state index is 0.270. The minimum Gasteiger partial charge on any atom is -0.314 e. The Morgan fingerprint density at radius 1 is 1.35 bits per heavy atom. The number of hydrogen-bond acceptors (Lipinski definition) is 4. The van der Waals surface area contributed by atoms with Gasteiger partial charge >= 0.3 is 0 Å². The molecule has 0 bridgehead atoms. The van der Waals surface area contributed by atoms with E-state index in [2.05, 4.69) is 26.2 Å². The van der Waals surface area contributed by atoms with Crippen LogP contribution in [0.15, 0.2) is 28.7 Å². The topological polar surface area (TPSA) is 68.0 Å². The van der Waals surface area contributed by atoms with Gasteiger partial charge in [-0.2, -0.15) is 0 Å². The third-order valence-corrected chi connectivity index (χ3v) is 4.68. The Bertz CT molecular complexity index is 615. The molecule has 0 fully saturated rings. The Kier molecular flexibility index (Phi) is 4.27. The van der Waals surface area contributed by atoms with Gasteiger partial charge in [-0.25, -0.2) is 4.98 Å². The van der Waals surface area contributed by atoms with Gasteiger partial charge in [0.15, 0.2) is 5.13 Å². The molecule has 2 aromatic rings. The number of benzene rings is 1. The molecule has 3 N–H and O–H groups in total. The molecule has 2 rings (SSSR count). The lowest BCUT2D eigenvalue weighted by Crippen LogP contribution is -2.45. The highest BCUT2D eigenvalue weighted by molar-refractivity contribution is 9.10. The van der Waals surface area contributed by atoms with Crippen LogP contribution in [-0.4, -0.2) is 10.9 Å². The number of aromatic nitrogens is 1. The summed E-state index contributed by atoms with van der Waals surface area (Å²) in [5.41, 5.74) is 6.75. The third-order valence-electron chi connectivity index (χ3n) is 3.16. The number of nitrogens with zero attached hydrogens (tertiary/aromatic N) is 1. The van der Waals surface area contributed by atoms with Gasteiger partial charge in [-0.05, 0) is 38.5 Å². The van der Waals surface area contributed by atoms with Gasteiger partial charge in [0.1, 0.15) is 5.54 Å². The van der Waals surface area contributed by atoms with Gasteiger partial charge in [0, 0.05) is 9.35 Å². The largest absolute Gasteiger partial charge is 0.314 e. The van der Waals surface area contributed by atoms with Crippen molar-refractivity contribution in [2.45, 2.75) is 26.3 Å². The highest BCUT2D eigenvalue weighted by Gasteiger charge is 2.31. The van der Waals surface area contributed by atoms with Crippen molar-refractivity contribution in [2.24, 2.45) is 5.73 Å². The lowest BCUT2D eigenvalue weighted by Gasteiger charge is -2.23. The van der Waals surface area contributed by atoms with Crippen molar-refractivity contribution in [3.63, 3.8) is 0 Å². The minimum atomic E-state index is -1.10. The first-order chi connectivity index (χ1) is 9.30. The predicted octanol–water partition coefficient (Wildman–Crippen LogP) is 3.34. The molecule has 1 aromatic heterocycles. The molecule has 1 heterocycles. The number of hydrogen-bond donors (Lipinski definition) is 2. The maximum Gasteiger partial charge on any atom is 0.250 e. The van der Waals surface area contributed by atoms with E-state index in [4.69, 9.17) is 5.73 Å².